The van der Waals surface area contributed by atoms with Crippen LogP contribution in [0.4, 0.5) is 4.39 Å². The largest absolute Gasteiger partial charge is 0.344 e. The molecule has 0 bridgehead atoms. The van der Waals surface area contributed by atoms with E-state index >= 15 is 0 Å². The van der Waals surface area contributed by atoms with Crippen LogP contribution in [0.1, 0.15) is 28.6 Å². The van der Waals surface area contributed by atoms with Gasteiger partial charge in [-0.05, 0) is 48.6 Å². The monoisotopic (exact) mass is 397 g/mol. The molecule has 1 atom stereocenters. The van der Waals surface area contributed by atoms with E-state index in [9.17, 15) is 14.0 Å². The molecule has 2 amide bonds. The summed E-state index contributed by atoms with van der Waals surface area (Å²) in [6.45, 7) is 3.03. The number of halogens is 1. The van der Waals surface area contributed by atoms with Crippen LogP contribution >= 0.6 is 11.3 Å². The Balaban J connectivity index is 1.41. The second-order valence-corrected chi connectivity index (χ2v) is 8.49. The van der Waals surface area contributed by atoms with Crippen LogP contribution in [0.3, 0.4) is 0 Å². The second-order valence-electron chi connectivity index (χ2n) is 7.41. The Labute approximate surface area is 166 Å². The van der Waals surface area contributed by atoms with Gasteiger partial charge in [-0.1, -0.05) is 12.1 Å². The van der Waals surface area contributed by atoms with Gasteiger partial charge >= 0.3 is 0 Å². The molecule has 0 radical (unpaired) electrons. The summed E-state index contributed by atoms with van der Waals surface area (Å²) in [5, 5.41) is 3.92. The molecule has 0 saturated carbocycles. The molecule has 1 aliphatic rings. The number of amides is 2. The third-order valence-corrected chi connectivity index (χ3v) is 6.12. The van der Waals surface area contributed by atoms with Gasteiger partial charge in [0.2, 0.25) is 5.91 Å². The van der Waals surface area contributed by atoms with Gasteiger partial charge in [0.05, 0.1) is 16.8 Å². The Morgan fingerprint density at radius 1 is 1.32 bits per heavy atom. The van der Waals surface area contributed by atoms with Gasteiger partial charge in [0, 0.05) is 30.2 Å². The van der Waals surface area contributed by atoms with Gasteiger partial charge in [-0.2, -0.15) is 0 Å². The first-order valence-corrected chi connectivity index (χ1v) is 9.92. The molecule has 28 heavy (non-hydrogen) atoms. The van der Waals surface area contributed by atoms with Crippen molar-refractivity contribution in [3.63, 3.8) is 0 Å². The molecule has 3 aromatic rings. The zero-order valence-corrected chi connectivity index (χ0v) is 16.3. The van der Waals surface area contributed by atoms with Crippen LogP contribution in [-0.2, 0) is 11.2 Å². The Bertz CT molecular complexity index is 1040. The number of pyridine rings is 1. The topological polar surface area (TPSA) is 62.3 Å². The molecule has 5 nitrogen and oxygen atoms in total. The summed E-state index contributed by atoms with van der Waals surface area (Å²) in [4.78, 5) is 31.6. The highest BCUT2D eigenvalue weighted by molar-refractivity contribution is 7.20. The van der Waals surface area contributed by atoms with Crippen LogP contribution in [0.5, 0.6) is 0 Å². The highest BCUT2D eigenvalue weighted by Crippen LogP contribution is 2.28. The smallest absolute Gasteiger partial charge is 0.261 e. The number of rotatable bonds is 4. The summed E-state index contributed by atoms with van der Waals surface area (Å²) >= 11 is 1.27. The van der Waals surface area contributed by atoms with Gasteiger partial charge in [0.15, 0.2) is 0 Å². The number of likely N-dealkylation sites (tertiary alicyclic amines) is 1. The van der Waals surface area contributed by atoms with Crippen molar-refractivity contribution in [3.05, 3.63) is 65.0 Å². The average molecular weight is 397 g/mol. The number of thiophene rings is 1. The van der Waals surface area contributed by atoms with Crippen LogP contribution in [-0.4, -0.2) is 40.3 Å². The third-order valence-electron chi connectivity index (χ3n) is 5.03. The third kappa shape index (κ3) is 3.89. The number of hydrogen-bond acceptors (Lipinski definition) is 4. The lowest BCUT2D eigenvalue weighted by Crippen LogP contribution is -2.48. The number of nitrogens with zero attached hydrogens (tertiary/aromatic N) is 2. The van der Waals surface area contributed by atoms with Crippen LogP contribution in [0, 0.1) is 5.82 Å². The maximum absolute atomic E-state index is 13.4. The predicted molar refractivity (Wildman–Crippen MR) is 107 cm³/mol. The van der Waals surface area contributed by atoms with Crippen LogP contribution in [0.15, 0.2) is 48.8 Å². The summed E-state index contributed by atoms with van der Waals surface area (Å²) in [7, 11) is 0. The van der Waals surface area contributed by atoms with Crippen LogP contribution < -0.4 is 5.32 Å². The summed E-state index contributed by atoms with van der Waals surface area (Å²) in [6.07, 6.45) is 4.37. The Kier molecular flexibility index (Phi) is 4.85. The lowest BCUT2D eigenvalue weighted by Gasteiger charge is -2.26. The minimum absolute atomic E-state index is 0.0308. The van der Waals surface area contributed by atoms with Crippen LogP contribution in [0.25, 0.3) is 10.1 Å². The first-order chi connectivity index (χ1) is 13.4. The predicted octanol–water partition coefficient (Wildman–Crippen LogP) is 3.40. The van der Waals surface area contributed by atoms with Crippen molar-refractivity contribution < 1.29 is 14.0 Å². The fraction of sp³-hybridized carbons (Fsp3) is 0.286. The summed E-state index contributed by atoms with van der Waals surface area (Å²) in [6, 6.07) is 9.97. The van der Waals surface area contributed by atoms with E-state index in [1.165, 1.54) is 23.5 Å². The maximum atomic E-state index is 13.4. The van der Waals surface area contributed by atoms with E-state index in [2.05, 4.69) is 10.3 Å². The molecule has 4 rings (SSSR count). The summed E-state index contributed by atoms with van der Waals surface area (Å²) in [5.41, 5.74) is 0.394. The highest BCUT2D eigenvalue weighted by Gasteiger charge is 2.37. The standard InChI is InChI=1S/C21H20FN3O2S/c1-21(6-8-25(13-21)19(26)9-14-3-2-7-23-12-14)24-20(27)18-10-15-4-5-16(22)11-17(15)28-18/h2-5,7,10-12H,6,8-9,13H2,1H3,(H,24,27). The lowest BCUT2D eigenvalue weighted by atomic mass is 10.0. The molecule has 1 aromatic carbocycles. The van der Waals surface area contributed by atoms with E-state index in [1.807, 2.05) is 19.1 Å². The molecule has 144 valence electrons. The van der Waals surface area contributed by atoms with Crippen molar-refractivity contribution in [1.29, 1.82) is 0 Å². The number of benzene rings is 1. The minimum Gasteiger partial charge on any atom is -0.344 e. The fourth-order valence-corrected chi connectivity index (χ4v) is 4.50. The van der Waals surface area contributed by atoms with Crippen molar-refractivity contribution in [2.75, 3.05) is 13.1 Å². The molecule has 1 fully saturated rings. The van der Waals surface area contributed by atoms with Gasteiger partial charge in [0.1, 0.15) is 5.82 Å². The zero-order valence-electron chi connectivity index (χ0n) is 15.4. The molecule has 0 spiro atoms. The lowest BCUT2D eigenvalue weighted by molar-refractivity contribution is -0.129. The number of carbonyl (C=O) groups excluding carboxylic acids is 2. The Hall–Kier alpha value is -2.80. The molecular weight excluding hydrogens is 377 g/mol. The SMILES string of the molecule is CC1(NC(=O)c2cc3ccc(F)cc3s2)CCN(C(=O)Cc2cccnc2)C1. The van der Waals surface area contributed by atoms with Crippen LogP contribution in [0.2, 0.25) is 0 Å². The van der Waals surface area contributed by atoms with E-state index < -0.39 is 5.54 Å². The van der Waals surface area contributed by atoms with Gasteiger partial charge < -0.3 is 10.2 Å². The van der Waals surface area contributed by atoms with Gasteiger partial charge in [0.25, 0.3) is 5.91 Å². The van der Waals surface area contributed by atoms with Crippen molar-refractivity contribution >= 4 is 33.2 Å². The van der Waals surface area contributed by atoms with Crippen molar-refractivity contribution in [2.45, 2.75) is 25.3 Å². The van der Waals surface area contributed by atoms with E-state index in [4.69, 9.17) is 0 Å². The van der Waals surface area contributed by atoms with Gasteiger partial charge in [-0.15, -0.1) is 11.3 Å². The van der Waals surface area contributed by atoms with Gasteiger partial charge in [-0.25, -0.2) is 4.39 Å². The van der Waals surface area contributed by atoms with Gasteiger partial charge in [-0.3, -0.25) is 14.6 Å². The van der Waals surface area contributed by atoms with Crippen molar-refractivity contribution in [3.8, 4) is 0 Å². The number of carbonyl (C=O) groups is 2. The first-order valence-electron chi connectivity index (χ1n) is 9.10. The molecule has 1 N–H and O–H groups in total. The average Bonchev–Trinajstić information content (AvgIpc) is 3.26. The number of aromatic nitrogens is 1. The van der Waals surface area contributed by atoms with E-state index in [0.29, 0.717) is 30.8 Å². The van der Waals surface area contributed by atoms with E-state index in [0.717, 1.165) is 15.6 Å². The quantitative estimate of drug-likeness (QED) is 0.734. The molecule has 2 aromatic heterocycles. The summed E-state index contributed by atoms with van der Waals surface area (Å²) in [5.74, 6) is -0.471. The first kappa shape index (κ1) is 18.6. The van der Waals surface area contributed by atoms with E-state index in [1.54, 1.807) is 29.4 Å². The molecule has 1 aliphatic heterocycles. The maximum Gasteiger partial charge on any atom is 0.261 e. The van der Waals surface area contributed by atoms with Crippen molar-refractivity contribution in [1.82, 2.24) is 15.2 Å². The normalized spacial score (nSPS) is 19.1. The van der Waals surface area contributed by atoms with Crippen molar-refractivity contribution in [2.24, 2.45) is 0 Å². The molecule has 7 heteroatoms. The second kappa shape index (κ2) is 7.31. The molecular formula is C21H20FN3O2S. The van der Waals surface area contributed by atoms with E-state index in [-0.39, 0.29) is 17.6 Å². The highest BCUT2D eigenvalue weighted by atomic mass is 32.1. The molecule has 3 heterocycles. The summed E-state index contributed by atoms with van der Waals surface area (Å²) < 4.78 is 14.1. The number of hydrogen-bond donors (Lipinski definition) is 1. The zero-order chi connectivity index (χ0) is 19.7. The fourth-order valence-electron chi connectivity index (χ4n) is 3.52. The molecule has 0 aliphatic carbocycles. The molecule has 1 unspecified atom stereocenters. The number of nitrogens with one attached hydrogen (secondary N) is 1. The molecule has 1 saturated heterocycles. The Morgan fingerprint density at radius 2 is 2.18 bits per heavy atom. The number of fused-ring (bicyclic) bond motifs is 1. The Morgan fingerprint density at radius 3 is 2.96 bits per heavy atom. The minimum atomic E-state index is -0.483.